The fraction of sp³-hybridized carbons (Fsp3) is 0.400. The maximum absolute atomic E-state index is 4.05. The van der Waals surface area contributed by atoms with Gasteiger partial charge in [-0.1, -0.05) is 26.0 Å². The number of rotatable bonds is 6. The second-order valence-electron chi connectivity index (χ2n) is 4.53. The van der Waals surface area contributed by atoms with Crippen LogP contribution in [-0.2, 0) is 6.54 Å². The van der Waals surface area contributed by atoms with Crippen LogP contribution >= 0.6 is 0 Å². The summed E-state index contributed by atoms with van der Waals surface area (Å²) in [5.41, 5.74) is 2.48. The van der Waals surface area contributed by atoms with Crippen molar-refractivity contribution in [2.75, 3.05) is 0 Å². The summed E-state index contributed by atoms with van der Waals surface area (Å²) >= 11 is 0. The number of nitrogens with one attached hydrogen (secondary N) is 1. The number of hydrogen-bond donors (Lipinski definition) is 1. The topological polar surface area (TPSA) is 29.9 Å². The molecule has 1 N–H and O–H groups in total. The van der Waals surface area contributed by atoms with Crippen LogP contribution in [0.15, 0.2) is 43.0 Å². The SMILES string of the molecule is CCC(CC)NCc1ccc(-n2ccnc2)cc1. The molecule has 0 spiro atoms. The van der Waals surface area contributed by atoms with Gasteiger partial charge in [0.2, 0.25) is 0 Å². The average molecular weight is 243 g/mol. The molecule has 2 rings (SSSR count). The molecule has 0 saturated heterocycles. The van der Waals surface area contributed by atoms with Gasteiger partial charge in [-0.3, -0.25) is 0 Å². The largest absolute Gasteiger partial charge is 0.310 e. The maximum Gasteiger partial charge on any atom is 0.0991 e. The first kappa shape index (κ1) is 12.8. The van der Waals surface area contributed by atoms with Crippen molar-refractivity contribution < 1.29 is 0 Å². The van der Waals surface area contributed by atoms with Gasteiger partial charge in [-0.05, 0) is 30.5 Å². The van der Waals surface area contributed by atoms with Gasteiger partial charge in [0.25, 0.3) is 0 Å². The Balaban J connectivity index is 1.96. The first-order chi connectivity index (χ1) is 8.83. The molecule has 0 bridgehead atoms. The Morgan fingerprint density at radius 3 is 2.44 bits per heavy atom. The molecule has 1 aromatic carbocycles. The van der Waals surface area contributed by atoms with E-state index in [0.29, 0.717) is 6.04 Å². The number of benzene rings is 1. The lowest BCUT2D eigenvalue weighted by atomic mass is 10.1. The van der Waals surface area contributed by atoms with Crippen molar-refractivity contribution in [1.82, 2.24) is 14.9 Å². The lowest BCUT2D eigenvalue weighted by Gasteiger charge is -2.14. The summed E-state index contributed by atoms with van der Waals surface area (Å²) < 4.78 is 2.01. The molecule has 2 aromatic rings. The second-order valence-corrected chi connectivity index (χ2v) is 4.53. The van der Waals surface area contributed by atoms with E-state index >= 15 is 0 Å². The highest BCUT2D eigenvalue weighted by molar-refractivity contribution is 5.34. The molecule has 0 radical (unpaired) electrons. The number of imidazole rings is 1. The Kier molecular flexibility index (Phi) is 4.53. The van der Waals surface area contributed by atoms with Gasteiger partial charge in [0.15, 0.2) is 0 Å². The minimum atomic E-state index is 0.623. The standard InChI is InChI=1S/C15H21N3/c1-3-14(4-2)17-11-13-5-7-15(8-6-13)18-10-9-16-12-18/h5-10,12,14,17H,3-4,11H2,1-2H3. The van der Waals surface area contributed by atoms with Gasteiger partial charge in [-0.25, -0.2) is 4.98 Å². The van der Waals surface area contributed by atoms with Crippen molar-refractivity contribution >= 4 is 0 Å². The average Bonchev–Trinajstić information content (AvgIpc) is 2.94. The molecule has 18 heavy (non-hydrogen) atoms. The molecule has 0 aliphatic carbocycles. The fourth-order valence-corrected chi connectivity index (χ4v) is 2.04. The summed E-state index contributed by atoms with van der Waals surface area (Å²) in [5.74, 6) is 0. The maximum atomic E-state index is 4.05. The van der Waals surface area contributed by atoms with E-state index in [-0.39, 0.29) is 0 Å². The summed E-state index contributed by atoms with van der Waals surface area (Å²) in [6.45, 7) is 5.39. The molecule has 0 unspecified atom stereocenters. The lowest BCUT2D eigenvalue weighted by molar-refractivity contribution is 0.484. The Labute approximate surface area is 109 Å². The van der Waals surface area contributed by atoms with Crippen molar-refractivity contribution in [3.63, 3.8) is 0 Å². The van der Waals surface area contributed by atoms with Crippen molar-refractivity contribution in [2.45, 2.75) is 39.3 Å². The predicted octanol–water partition coefficient (Wildman–Crippen LogP) is 3.15. The number of aromatic nitrogens is 2. The van der Waals surface area contributed by atoms with Crippen molar-refractivity contribution in [3.05, 3.63) is 48.5 Å². The Bertz CT molecular complexity index is 441. The first-order valence-electron chi connectivity index (χ1n) is 6.64. The van der Waals surface area contributed by atoms with Gasteiger partial charge in [0.1, 0.15) is 0 Å². The Hall–Kier alpha value is -1.61. The Morgan fingerprint density at radius 1 is 1.17 bits per heavy atom. The van der Waals surface area contributed by atoms with E-state index < -0.39 is 0 Å². The van der Waals surface area contributed by atoms with Gasteiger partial charge in [-0.2, -0.15) is 0 Å². The quantitative estimate of drug-likeness (QED) is 0.844. The smallest absolute Gasteiger partial charge is 0.0991 e. The third-order valence-corrected chi connectivity index (χ3v) is 3.32. The van der Waals surface area contributed by atoms with E-state index in [1.54, 1.807) is 6.20 Å². The molecular weight excluding hydrogens is 222 g/mol. The van der Waals surface area contributed by atoms with Crippen LogP contribution in [-0.4, -0.2) is 15.6 Å². The third kappa shape index (κ3) is 3.20. The molecular formula is C15H21N3. The highest BCUT2D eigenvalue weighted by Gasteiger charge is 2.02. The zero-order valence-corrected chi connectivity index (χ0v) is 11.1. The van der Waals surface area contributed by atoms with Crippen molar-refractivity contribution in [3.8, 4) is 5.69 Å². The number of hydrogen-bond acceptors (Lipinski definition) is 2. The van der Waals surface area contributed by atoms with Gasteiger partial charge in [-0.15, -0.1) is 0 Å². The molecule has 1 heterocycles. The summed E-state index contributed by atoms with van der Waals surface area (Å²) in [6.07, 6.45) is 7.94. The lowest BCUT2D eigenvalue weighted by Crippen LogP contribution is -2.26. The van der Waals surface area contributed by atoms with E-state index in [4.69, 9.17) is 0 Å². The molecule has 0 saturated carbocycles. The summed E-state index contributed by atoms with van der Waals surface area (Å²) in [5, 5.41) is 3.57. The van der Waals surface area contributed by atoms with E-state index in [1.807, 2.05) is 17.1 Å². The molecule has 0 aliphatic heterocycles. The molecule has 0 amide bonds. The van der Waals surface area contributed by atoms with Gasteiger partial charge >= 0.3 is 0 Å². The first-order valence-corrected chi connectivity index (χ1v) is 6.64. The van der Waals surface area contributed by atoms with E-state index in [2.05, 4.69) is 48.4 Å². The zero-order valence-electron chi connectivity index (χ0n) is 11.1. The molecule has 1 aromatic heterocycles. The van der Waals surface area contributed by atoms with Crippen LogP contribution in [0.5, 0.6) is 0 Å². The van der Waals surface area contributed by atoms with E-state index in [9.17, 15) is 0 Å². The molecule has 3 nitrogen and oxygen atoms in total. The third-order valence-electron chi connectivity index (χ3n) is 3.32. The Morgan fingerprint density at radius 2 is 1.89 bits per heavy atom. The van der Waals surface area contributed by atoms with Crippen molar-refractivity contribution in [1.29, 1.82) is 0 Å². The van der Waals surface area contributed by atoms with E-state index in [1.165, 1.54) is 18.4 Å². The summed E-state index contributed by atoms with van der Waals surface area (Å²) in [7, 11) is 0. The minimum Gasteiger partial charge on any atom is -0.310 e. The number of nitrogens with zero attached hydrogens (tertiary/aromatic N) is 2. The van der Waals surface area contributed by atoms with Crippen LogP contribution in [0.1, 0.15) is 32.3 Å². The molecule has 0 aliphatic rings. The van der Waals surface area contributed by atoms with Crippen LogP contribution in [0.3, 0.4) is 0 Å². The van der Waals surface area contributed by atoms with Gasteiger partial charge in [0.05, 0.1) is 6.33 Å². The highest BCUT2D eigenvalue weighted by atomic mass is 15.0. The van der Waals surface area contributed by atoms with Crippen LogP contribution in [0, 0.1) is 0 Å². The van der Waals surface area contributed by atoms with Crippen LogP contribution < -0.4 is 5.32 Å². The summed E-state index contributed by atoms with van der Waals surface area (Å²) in [4.78, 5) is 4.05. The normalized spacial score (nSPS) is 11.1. The molecule has 0 fully saturated rings. The van der Waals surface area contributed by atoms with Gasteiger partial charge < -0.3 is 9.88 Å². The minimum absolute atomic E-state index is 0.623. The van der Waals surface area contributed by atoms with Crippen LogP contribution in [0.25, 0.3) is 5.69 Å². The molecule has 3 heteroatoms. The highest BCUT2D eigenvalue weighted by Crippen LogP contribution is 2.09. The van der Waals surface area contributed by atoms with E-state index in [0.717, 1.165) is 12.2 Å². The molecule has 96 valence electrons. The van der Waals surface area contributed by atoms with Crippen LogP contribution in [0.4, 0.5) is 0 Å². The predicted molar refractivity (Wildman–Crippen MR) is 74.8 cm³/mol. The molecule has 0 atom stereocenters. The summed E-state index contributed by atoms with van der Waals surface area (Å²) in [6, 6.07) is 9.23. The second kappa shape index (κ2) is 6.36. The van der Waals surface area contributed by atoms with Gasteiger partial charge in [0, 0.05) is 30.7 Å². The zero-order chi connectivity index (χ0) is 12.8. The fourth-order valence-electron chi connectivity index (χ4n) is 2.04. The van der Waals surface area contributed by atoms with Crippen LogP contribution in [0.2, 0.25) is 0 Å². The van der Waals surface area contributed by atoms with Crippen molar-refractivity contribution in [2.24, 2.45) is 0 Å². The monoisotopic (exact) mass is 243 g/mol.